The van der Waals surface area contributed by atoms with Crippen LogP contribution < -0.4 is 0 Å². The van der Waals surface area contributed by atoms with E-state index in [1.807, 2.05) is 57.2 Å². The molecule has 1 aliphatic rings. The largest absolute Gasteiger partial charge is 0.459 e. The summed E-state index contributed by atoms with van der Waals surface area (Å²) in [4.78, 5) is 19.5. The molecule has 0 amide bonds. The minimum absolute atomic E-state index is 0.216. The van der Waals surface area contributed by atoms with E-state index in [9.17, 15) is 4.79 Å². The van der Waals surface area contributed by atoms with Crippen molar-refractivity contribution in [1.82, 2.24) is 15.0 Å². The van der Waals surface area contributed by atoms with Gasteiger partial charge in [-0.15, -0.1) is 0 Å². The monoisotopic (exact) mass is 425 g/mol. The van der Waals surface area contributed by atoms with Gasteiger partial charge in [0.25, 0.3) is 0 Å². The molecule has 0 spiro atoms. The third kappa shape index (κ3) is 4.71. The molecule has 3 aromatic rings. The molecular weight excluding hydrogens is 402 g/mol. The predicted octanol–water partition coefficient (Wildman–Crippen LogP) is 4.83. The summed E-state index contributed by atoms with van der Waals surface area (Å²) in [6.07, 6.45) is 0. The molecule has 1 aliphatic heterocycles. The molecule has 7 heteroatoms. The first-order chi connectivity index (χ1) is 14.3. The standard InChI is InChI=1S/C23H24ClN3O3/c1-23(2,3)29-22(28)19-13-27(12-16-6-4-5-7-18(16)19)14-20-25-21(26-30-20)15-8-10-17(24)11-9-15/h4-11,19H,12-14H2,1-3H3. The molecule has 156 valence electrons. The van der Waals surface area contributed by atoms with Gasteiger partial charge in [-0.2, -0.15) is 4.98 Å². The average Bonchev–Trinajstić information content (AvgIpc) is 3.15. The Morgan fingerprint density at radius 3 is 2.67 bits per heavy atom. The lowest BCUT2D eigenvalue weighted by atomic mass is 9.89. The summed E-state index contributed by atoms with van der Waals surface area (Å²) in [5, 5.41) is 4.74. The number of fused-ring (bicyclic) bond motifs is 1. The highest BCUT2D eigenvalue weighted by molar-refractivity contribution is 6.30. The van der Waals surface area contributed by atoms with Crippen molar-refractivity contribution in [2.45, 2.75) is 45.4 Å². The van der Waals surface area contributed by atoms with E-state index in [4.69, 9.17) is 20.9 Å². The number of carbonyl (C=O) groups excluding carboxylic acids is 1. The van der Waals surface area contributed by atoms with Crippen LogP contribution in [0.1, 0.15) is 43.7 Å². The van der Waals surface area contributed by atoms with E-state index in [0.29, 0.717) is 36.4 Å². The Kier molecular flexibility index (Phi) is 5.62. The van der Waals surface area contributed by atoms with Gasteiger partial charge in [0.15, 0.2) is 0 Å². The minimum Gasteiger partial charge on any atom is -0.459 e. The average molecular weight is 426 g/mol. The summed E-state index contributed by atoms with van der Waals surface area (Å²) in [6.45, 7) is 7.34. The Morgan fingerprint density at radius 1 is 1.20 bits per heavy atom. The summed E-state index contributed by atoms with van der Waals surface area (Å²) in [7, 11) is 0. The highest BCUT2D eigenvalue weighted by Gasteiger charge is 2.34. The van der Waals surface area contributed by atoms with Gasteiger partial charge >= 0.3 is 5.97 Å². The van der Waals surface area contributed by atoms with Crippen LogP contribution in [-0.4, -0.2) is 33.2 Å². The van der Waals surface area contributed by atoms with E-state index in [-0.39, 0.29) is 11.9 Å². The molecule has 1 unspecified atom stereocenters. The van der Waals surface area contributed by atoms with Crippen LogP contribution in [-0.2, 0) is 22.6 Å². The SMILES string of the molecule is CC(C)(C)OC(=O)C1CN(Cc2nc(-c3ccc(Cl)cc3)no2)Cc2ccccc21. The Balaban J connectivity index is 1.53. The molecule has 30 heavy (non-hydrogen) atoms. The molecule has 2 aromatic carbocycles. The third-order valence-electron chi connectivity index (χ3n) is 4.89. The van der Waals surface area contributed by atoms with Crippen LogP contribution in [0.4, 0.5) is 0 Å². The number of rotatable bonds is 4. The zero-order valence-corrected chi connectivity index (χ0v) is 18.0. The molecule has 0 saturated heterocycles. The summed E-state index contributed by atoms with van der Waals surface area (Å²) in [5.41, 5.74) is 2.44. The fourth-order valence-corrected chi connectivity index (χ4v) is 3.73. The number of benzene rings is 2. The molecule has 1 atom stereocenters. The van der Waals surface area contributed by atoms with Crippen molar-refractivity contribution in [3.63, 3.8) is 0 Å². The highest BCUT2D eigenvalue weighted by Crippen LogP contribution is 2.31. The number of ether oxygens (including phenoxy) is 1. The molecule has 0 radical (unpaired) electrons. The van der Waals surface area contributed by atoms with Gasteiger partial charge in [0.05, 0.1) is 12.5 Å². The van der Waals surface area contributed by atoms with E-state index in [1.54, 1.807) is 12.1 Å². The maximum Gasteiger partial charge on any atom is 0.315 e. The second-order valence-electron chi connectivity index (χ2n) is 8.47. The van der Waals surface area contributed by atoms with E-state index in [2.05, 4.69) is 15.0 Å². The smallest absolute Gasteiger partial charge is 0.315 e. The van der Waals surface area contributed by atoms with Crippen molar-refractivity contribution in [1.29, 1.82) is 0 Å². The number of nitrogens with zero attached hydrogens (tertiary/aromatic N) is 3. The lowest BCUT2D eigenvalue weighted by Crippen LogP contribution is -2.39. The second kappa shape index (κ2) is 8.20. The van der Waals surface area contributed by atoms with Crippen LogP contribution in [0.25, 0.3) is 11.4 Å². The fraction of sp³-hybridized carbons (Fsp3) is 0.348. The van der Waals surface area contributed by atoms with E-state index in [0.717, 1.165) is 16.7 Å². The molecule has 0 aliphatic carbocycles. The maximum atomic E-state index is 12.9. The van der Waals surface area contributed by atoms with Crippen molar-refractivity contribution in [3.05, 3.63) is 70.6 Å². The number of hydrogen-bond acceptors (Lipinski definition) is 6. The van der Waals surface area contributed by atoms with Gasteiger partial charge in [-0.05, 0) is 56.2 Å². The Morgan fingerprint density at radius 2 is 1.93 bits per heavy atom. The number of aromatic nitrogens is 2. The van der Waals surface area contributed by atoms with Gasteiger partial charge in [-0.25, -0.2) is 0 Å². The first-order valence-corrected chi connectivity index (χ1v) is 10.3. The predicted molar refractivity (Wildman–Crippen MR) is 114 cm³/mol. The third-order valence-corrected chi connectivity index (χ3v) is 5.14. The van der Waals surface area contributed by atoms with Crippen LogP contribution in [0, 0.1) is 0 Å². The quantitative estimate of drug-likeness (QED) is 0.557. The topological polar surface area (TPSA) is 68.5 Å². The zero-order chi connectivity index (χ0) is 21.3. The van der Waals surface area contributed by atoms with E-state index in [1.165, 1.54) is 0 Å². The molecular formula is C23H24ClN3O3. The summed E-state index contributed by atoms with van der Waals surface area (Å²) in [5.74, 6) is 0.449. The number of esters is 1. The van der Waals surface area contributed by atoms with Crippen molar-refractivity contribution in [2.75, 3.05) is 6.54 Å². The molecule has 0 N–H and O–H groups in total. The fourth-order valence-electron chi connectivity index (χ4n) is 3.60. The summed E-state index contributed by atoms with van der Waals surface area (Å²) >= 11 is 5.94. The first-order valence-electron chi connectivity index (χ1n) is 9.90. The van der Waals surface area contributed by atoms with E-state index >= 15 is 0 Å². The Bertz CT molecular complexity index is 1040. The van der Waals surface area contributed by atoms with Gasteiger partial charge in [0.1, 0.15) is 5.60 Å². The van der Waals surface area contributed by atoms with Crippen molar-refractivity contribution in [2.24, 2.45) is 0 Å². The molecule has 0 saturated carbocycles. The highest BCUT2D eigenvalue weighted by atomic mass is 35.5. The summed E-state index contributed by atoms with van der Waals surface area (Å²) < 4.78 is 11.1. The number of carbonyl (C=O) groups is 1. The lowest BCUT2D eigenvalue weighted by molar-refractivity contribution is -0.157. The van der Waals surface area contributed by atoms with Gasteiger partial charge in [-0.3, -0.25) is 9.69 Å². The zero-order valence-electron chi connectivity index (χ0n) is 17.3. The van der Waals surface area contributed by atoms with Crippen LogP contribution in [0.3, 0.4) is 0 Å². The van der Waals surface area contributed by atoms with Crippen LogP contribution in [0.5, 0.6) is 0 Å². The van der Waals surface area contributed by atoms with Crippen LogP contribution in [0.15, 0.2) is 53.1 Å². The van der Waals surface area contributed by atoms with Gasteiger partial charge in [0, 0.05) is 23.7 Å². The van der Waals surface area contributed by atoms with Gasteiger partial charge < -0.3 is 9.26 Å². The Labute approximate surface area is 180 Å². The van der Waals surface area contributed by atoms with Crippen LogP contribution >= 0.6 is 11.6 Å². The van der Waals surface area contributed by atoms with Gasteiger partial charge in [-0.1, -0.05) is 41.0 Å². The molecule has 0 bridgehead atoms. The summed E-state index contributed by atoms with van der Waals surface area (Å²) in [6, 6.07) is 15.3. The second-order valence-corrected chi connectivity index (χ2v) is 8.91. The molecule has 6 nitrogen and oxygen atoms in total. The lowest BCUT2D eigenvalue weighted by Gasteiger charge is -2.34. The van der Waals surface area contributed by atoms with Gasteiger partial charge in [0.2, 0.25) is 11.7 Å². The minimum atomic E-state index is -0.533. The van der Waals surface area contributed by atoms with Crippen LogP contribution in [0.2, 0.25) is 5.02 Å². The Hall–Kier alpha value is -2.70. The van der Waals surface area contributed by atoms with Crippen molar-refractivity contribution in [3.8, 4) is 11.4 Å². The maximum absolute atomic E-state index is 12.9. The van der Waals surface area contributed by atoms with E-state index < -0.39 is 5.60 Å². The first kappa shape index (κ1) is 20.6. The molecule has 1 aromatic heterocycles. The van der Waals surface area contributed by atoms with Crippen molar-refractivity contribution < 1.29 is 14.1 Å². The molecule has 2 heterocycles. The molecule has 0 fully saturated rings. The number of hydrogen-bond donors (Lipinski definition) is 0. The van der Waals surface area contributed by atoms with Crippen molar-refractivity contribution >= 4 is 17.6 Å². The number of halogens is 1. The normalized spacial score (nSPS) is 16.9. The molecule has 4 rings (SSSR count).